The third kappa shape index (κ3) is 3.51. The largest absolute Gasteiger partial charge is 0.481 e. The minimum Gasteiger partial charge on any atom is -0.481 e. The van der Waals surface area contributed by atoms with Crippen LogP contribution in [0.5, 0.6) is 5.75 Å². The number of carboxylic acid groups (broad SMARTS) is 1. The van der Waals surface area contributed by atoms with E-state index >= 15 is 0 Å². The van der Waals surface area contributed by atoms with Crippen LogP contribution in [-0.2, 0) is 21.2 Å². The molecular formula is C17H13Cl2NO5S. The summed E-state index contributed by atoms with van der Waals surface area (Å²) in [4.78, 5) is 10.9. The van der Waals surface area contributed by atoms with Gasteiger partial charge < -0.3 is 9.40 Å². The lowest BCUT2D eigenvalue weighted by Crippen LogP contribution is -2.11. The van der Waals surface area contributed by atoms with Gasteiger partial charge in [0.1, 0.15) is 17.6 Å². The number of aromatic nitrogens is 1. The first kappa shape index (κ1) is 18.6. The lowest BCUT2D eigenvalue weighted by molar-refractivity contribution is -0.136. The summed E-state index contributed by atoms with van der Waals surface area (Å²) >= 11 is 11.3. The molecule has 0 saturated carbocycles. The van der Waals surface area contributed by atoms with Gasteiger partial charge in [0.2, 0.25) is 0 Å². The molecule has 0 amide bonds. The van der Waals surface area contributed by atoms with Crippen LogP contribution in [0.4, 0.5) is 0 Å². The second kappa shape index (κ2) is 7.19. The fraction of sp³-hybridized carbons (Fsp3) is 0.118. The number of carboxylic acids is 1. The molecule has 0 aliphatic carbocycles. The summed E-state index contributed by atoms with van der Waals surface area (Å²) in [6, 6.07) is 10.6. The van der Waals surface area contributed by atoms with Crippen molar-refractivity contribution in [1.29, 1.82) is 0 Å². The van der Waals surface area contributed by atoms with Crippen molar-refractivity contribution in [3.05, 3.63) is 59.2 Å². The van der Waals surface area contributed by atoms with Gasteiger partial charge in [0.15, 0.2) is 0 Å². The predicted molar refractivity (Wildman–Crippen MR) is 98.4 cm³/mol. The van der Waals surface area contributed by atoms with Crippen LogP contribution in [0.3, 0.4) is 0 Å². The predicted octanol–water partition coefficient (Wildman–Crippen LogP) is 4.08. The molecule has 136 valence electrons. The minimum atomic E-state index is -3.91. The van der Waals surface area contributed by atoms with Crippen LogP contribution in [0.25, 0.3) is 10.9 Å². The molecule has 2 aromatic carbocycles. The summed E-state index contributed by atoms with van der Waals surface area (Å²) in [6.07, 6.45) is 1.44. The van der Waals surface area contributed by atoms with Gasteiger partial charge in [0.05, 0.1) is 10.4 Å². The molecule has 26 heavy (non-hydrogen) atoms. The Hall–Kier alpha value is -2.22. The number of carbonyl (C=O) groups is 1. The van der Waals surface area contributed by atoms with Crippen LogP contribution >= 0.6 is 23.5 Å². The summed E-state index contributed by atoms with van der Waals surface area (Å²) < 4.78 is 31.9. The zero-order valence-electron chi connectivity index (χ0n) is 13.2. The molecule has 0 radical (unpaired) electrons. The van der Waals surface area contributed by atoms with Crippen molar-refractivity contribution < 1.29 is 22.6 Å². The first-order valence-corrected chi connectivity index (χ1v) is 9.61. The normalized spacial score (nSPS) is 11.6. The van der Waals surface area contributed by atoms with Gasteiger partial charge in [-0.25, -0.2) is 12.4 Å². The Kier molecular flexibility index (Phi) is 5.13. The topological polar surface area (TPSA) is 85.6 Å². The highest BCUT2D eigenvalue weighted by atomic mass is 35.5. The molecule has 3 aromatic rings. The fourth-order valence-corrected chi connectivity index (χ4v) is 4.46. The maximum atomic E-state index is 13.0. The Bertz CT molecular complexity index is 1090. The molecule has 0 spiro atoms. The Morgan fingerprint density at radius 2 is 1.96 bits per heavy atom. The minimum absolute atomic E-state index is 0.0318. The highest BCUT2D eigenvalue weighted by molar-refractivity contribution is 7.90. The molecule has 0 aliphatic heterocycles. The average Bonchev–Trinajstić information content (AvgIpc) is 2.98. The fourth-order valence-electron chi connectivity index (χ4n) is 2.67. The van der Waals surface area contributed by atoms with E-state index in [4.69, 9.17) is 28.6 Å². The first-order valence-electron chi connectivity index (χ1n) is 7.48. The number of nitrogens with zero attached hydrogens (tertiary/aromatic N) is 1. The highest BCUT2D eigenvalue weighted by Gasteiger charge is 2.22. The van der Waals surface area contributed by atoms with Crippen molar-refractivity contribution in [1.82, 2.24) is 3.97 Å². The van der Waals surface area contributed by atoms with Crippen LogP contribution in [0.15, 0.2) is 53.6 Å². The van der Waals surface area contributed by atoms with Gasteiger partial charge in [-0.2, -0.15) is 0 Å². The third-order valence-electron chi connectivity index (χ3n) is 3.87. The van der Waals surface area contributed by atoms with Crippen molar-refractivity contribution in [2.75, 3.05) is 0 Å². The quantitative estimate of drug-likeness (QED) is 0.657. The van der Waals surface area contributed by atoms with Crippen LogP contribution in [-0.4, -0.2) is 23.5 Å². The molecule has 0 unspecified atom stereocenters. The van der Waals surface area contributed by atoms with E-state index in [-0.39, 0.29) is 17.7 Å². The van der Waals surface area contributed by atoms with E-state index in [1.807, 2.05) is 0 Å². The SMILES string of the molecule is O=C(O)CCc1cn(S(=O)(=O)c2cccc(Cl)c2)c2ccc(OCl)cc12. The molecular weight excluding hydrogens is 401 g/mol. The number of hydrogen-bond acceptors (Lipinski definition) is 4. The van der Waals surface area contributed by atoms with E-state index in [0.717, 1.165) is 3.97 Å². The third-order valence-corrected chi connectivity index (χ3v) is 5.96. The van der Waals surface area contributed by atoms with Crippen LogP contribution in [0.1, 0.15) is 12.0 Å². The van der Waals surface area contributed by atoms with Crippen molar-refractivity contribution in [3.8, 4) is 5.75 Å². The summed E-state index contributed by atoms with van der Waals surface area (Å²) in [6.45, 7) is 0. The van der Waals surface area contributed by atoms with Crippen molar-refractivity contribution in [3.63, 3.8) is 0 Å². The lowest BCUT2D eigenvalue weighted by Gasteiger charge is -2.08. The van der Waals surface area contributed by atoms with Crippen LogP contribution in [0.2, 0.25) is 5.02 Å². The summed E-state index contributed by atoms with van der Waals surface area (Å²) in [5, 5.41) is 9.79. The van der Waals surface area contributed by atoms with Crippen molar-refractivity contribution in [2.45, 2.75) is 17.7 Å². The number of benzene rings is 2. The van der Waals surface area contributed by atoms with E-state index in [2.05, 4.69) is 4.29 Å². The number of halogens is 2. The molecule has 6 nitrogen and oxygen atoms in total. The number of aliphatic carboxylic acids is 1. The molecule has 0 atom stereocenters. The van der Waals surface area contributed by atoms with Gasteiger partial charge in [-0.1, -0.05) is 17.7 Å². The summed E-state index contributed by atoms with van der Waals surface area (Å²) in [7, 11) is -3.91. The Balaban J connectivity index is 2.21. The van der Waals surface area contributed by atoms with Crippen molar-refractivity contribution in [2.24, 2.45) is 0 Å². The van der Waals surface area contributed by atoms with E-state index < -0.39 is 16.0 Å². The first-order chi connectivity index (χ1) is 12.3. The molecule has 0 saturated heterocycles. The molecule has 1 N–H and O–H groups in total. The maximum Gasteiger partial charge on any atom is 0.303 e. The van der Waals surface area contributed by atoms with Gasteiger partial charge in [-0.3, -0.25) is 4.79 Å². The standard InChI is InChI=1S/C17H13Cl2NO5S/c18-12-2-1-3-14(8-12)26(23,24)20-10-11(4-7-17(21)22)15-9-13(25-19)5-6-16(15)20/h1-3,5-6,8-10H,4,7H2,(H,21,22). The molecule has 1 heterocycles. The van der Waals surface area contributed by atoms with E-state index in [0.29, 0.717) is 27.2 Å². The van der Waals surface area contributed by atoms with Gasteiger partial charge in [0.25, 0.3) is 10.0 Å². The highest BCUT2D eigenvalue weighted by Crippen LogP contribution is 2.31. The molecule has 0 aliphatic rings. The van der Waals surface area contributed by atoms with Gasteiger partial charge in [0, 0.05) is 23.0 Å². The number of hydrogen-bond donors (Lipinski definition) is 1. The van der Waals surface area contributed by atoms with Gasteiger partial charge in [-0.05, 0) is 48.4 Å². The number of fused-ring (bicyclic) bond motifs is 1. The number of rotatable bonds is 6. The summed E-state index contributed by atoms with van der Waals surface area (Å²) in [5.74, 6) is -0.651. The van der Waals surface area contributed by atoms with Crippen molar-refractivity contribution >= 4 is 50.4 Å². The van der Waals surface area contributed by atoms with Crippen LogP contribution in [0, 0.1) is 0 Å². The zero-order chi connectivity index (χ0) is 18.9. The molecule has 0 bridgehead atoms. The van der Waals surface area contributed by atoms with Crippen LogP contribution < -0.4 is 4.29 Å². The maximum absolute atomic E-state index is 13.0. The van der Waals surface area contributed by atoms with E-state index in [9.17, 15) is 13.2 Å². The monoisotopic (exact) mass is 413 g/mol. The van der Waals surface area contributed by atoms with E-state index in [1.54, 1.807) is 24.3 Å². The van der Waals surface area contributed by atoms with Gasteiger partial charge >= 0.3 is 5.97 Å². The average molecular weight is 414 g/mol. The second-order valence-corrected chi connectivity index (χ2v) is 7.97. The second-order valence-electron chi connectivity index (χ2n) is 5.56. The molecule has 3 rings (SSSR count). The molecule has 1 aromatic heterocycles. The Labute approximate surface area is 159 Å². The van der Waals surface area contributed by atoms with Gasteiger partial charge in [-0.15, -0.1) is 0 Å². The summed E-state index contributed by atoms with van der Waals surface area (Å²) in [5.41, 5.74) is 0.950. The Morgan fingerprint density at radius 3 is 2.62 bits per heavy atom. The van der Waals surface area contributed by atoms with E-state index in [1.165, 1.54) is 24.4 Å². The smallest absolute Gasteiger partial charge is 0.303 e. The molecule has 9 heteroatoms. The lowest BCUT2D eigenvalue weighted by atomic mass is 10.1. The Morgan fingerprint density at radius 1 is 1.19 bits per heavy atom. The number of aryl methyl sites for hydroxylation is 1. The zero-order valence-corrected chi connectivity index (χ0v) is 15.6. The molecule has 0 fully saturated rings.